The third-order valence-corrected chi connectivity index (χ3v) is 4.96. The minimum absolute atomic E-state index is 0.0115. The molecule has 1 aromatic heterocycles. The fraction of sp³-hybridized carbons (Fsp3) is 0.312. The van der Waals surface area contributed by atoms with Crippen molar-refractivity contribution in [2.24, 2.45) is 11.7 Å². The lowest BCUT2D eigenvalue weighted by molar-refractivity contribution is -0.123. The number of thiazole rings is 1. The van der Waals surface area contributed by atoms with Gasteiger partial charge in [-0.25, -0.2) is 4.98 Å². The van der Waals surface area contributed by atoms with Gasteiger partial charge in [-0.3, -0.25) is 9.59 Å². The molecule has 5 nitrogen and oxygen atoms in total. The SMILES string of the molecule is NC(=O)C1CCN(C(=O)c2cnc(-c3ccccc3)s2)CC1. The summed E-state index contributed by atoms with van der Waals surface area (Å²) >= 11 is 1.40. The number of likely N-dealkylation sites (tertiary alicyclic amines) is 1. The van der Waals surface area contributed by atoms with E-state index < -0.39 is 0 Å². The van der Waals surface area contributed by atoms with E-state index >= 15 is 0 Å². The Bertz CT molecular complexity index is 676. The van der Waals surface area contributed by atoms with E-state index in [0.717, 1.165) is 10.6 Å². The normalized spacial score (nSPS) is 15.7. The van der Waals surface area contributed by atoms with Crippen LogP contribution in [0.5, 0.6) is 0 Å². The second-order valence-electron chi connectivity index (χ2n) is 5.36. The van der Waals surface area contributed by atoms with Crippen molar-refractivity contribution in [3.8, 4) is 10.6 Å². The Morgan fingerprint density at radius 1 is 1.18 bits per heavy atom. The van der Waals surface area contributed by atoms with Gasteiger partial charge in [0.25, 0.3) is 5.91 Å². The highest BCUT2D eigenvalue weighted by Crippen LogP contribution is 2.27. The maximum Gasteiger partial charge on any atom is 0.265 e. The average molecular weight is 315 g/mol. The summed E-state index contributed by atoms with van der Waals surface area (Å²) in [5.41, 5.74) is 6.33. The summed E-state index contributed by atoms with van der Waals surface area (Å²) in [6.45, 7) is 1.15. The van der Waals surface area contributed by atoms with Crippen LogP contribution in [0.4, 0.5) is 0 Å². The van der Waals surface area contributed by atoms with Crippen molar-refractivity contribution in [3.05, 3.63) is 41.4 Å². The van der Waals surface area contributed by atoms with Gasteiger partial charge in [0.05, 0.1) is 6.20 Å². The van der Waals surface area contributed by atoms with Gasteiger partial charge in [-0.2, -0.15) is 0 Å². The van der Waals surface area contributed by atoms with Gasteiger partial charge in [0.2, 0.25) is 5.91 Å². The predicted octanol–water partition coefficient (Wildman–Crippen LogP) is 2.15. The third-order valence-electron chi connectivity index (χ3n) is 3.92. The molecule has 0 bridgehead atoms. The number of hydrogen-bond acceptors (Lipinski definition) is 4. The number of nitrogens with two attached hydrogens (primary N) is 1. The molecule has 1 aliphatic rings. The molecule has 22 heavy (non-hydrogen) atoms. The van der Waals surface area contributed by atoms with E-state index in [1.54, 1.807) is 11.1 Å². The molecule has 0 saturated carbocycles. The molecule has 6 heteroatoms. The van der Waals surface area contributed by atoms with E-state index in [1.807, 2.05) is 30.3 Å². The van der Waals surface area contributed by atoms with Gasteiger partial charge in [0.1, 0.15) is 9.88 Å². The Morgan fingerprint density at radius 2 is 1.86 bits per heavy atom. The third kappa shape index (κ3) is 3.01. The van der Waals surface area contributed by atoms with Gasteiger partial charge < -0.3 is 10.6 Å². The van der Waals surface area contributed by atoms with Crippen molar-refractivity contribution >= 4 is 23.2 Å². The van der Waals surface area contributed by atoms with Gasteiger partial charge in [0, 0.05) is 24.6 Å². The van der Waals surface area contributed by atoms with Gasteiger partial charge in [-0.15, -0.1) is 11.3 Å². The van der Waals surface area contributed by atoms with Gasteiger partial charge in [0.15, 0.2) is 0 Å². The van der Waals surface area contributed by atoms with E-state index in [0.29, 0.717) is 30.8 Å². The predicted molar refractivity (Wildman–Crippen MR) is 85.4 cm³/mol. The first-order valence-electron chi connectivity index (χ1n) is 7.25. The van der Waals surface area contributed by atoms with Crippen LogP contribution in [-0.4, -0.2) is 34.8 Å². The summed E-state index contributed by atoms with van der Waals surface area (Å²) in [6, 6.07) is 9.81. The van der Waals surface area contributed by atoms with Gasteiger partial charge >= 0.3 is 0 Å². The Morgan fingerprint density at radius 3 is 2.50 bits per heavy atom. The molecule has 0 radical (unpaired) electrons. The van der Waals surface area contributed by atoms with Crippen LogP contribution in [0.2, 0.25) is 0 Å². The number of hydrogen-bond donors (Lipinski definition) is 1. The Labute approximate surface area is 132 Å². The van der Waals surface area contributed by atoms with Crippen molar-refractivity contribution in [2.75, 3.05) is 13.1 Å². The summed E-state index contributed by atoms with van der Waals surface area (Å²) in [5, 5.41) is 0.843. The molecular formula is C16H17N3O2S. The number of carbonyl (C=O) groups excluding carboxylic acids is 2. The lowest BCUT2D eigenvalue weighted by Gasteiger charge is -2.30. The first-order chi connectivity index (χ1) is 10.6. The van der Waals surface area contributed by atoms with Crippen LogP contribution in [0.25, 0.3) is 10.6 Å². The molecule has 2 heterocycles. The highest BCUT2D eigenvalue weighted by atomic mass is 32.1. The summed E-state index contributed by atoms with van der Waals surface area (Å²) in [4.78, 5) is 30.4. The minimum atomic E-state index is -0.267. The lowest BCUT2D eigenvalue weighted by atomic mass is 9.96. The molecule has 0 aliphatic carbocycles. The second-order valence-corrected chi connectivity index (χ2v) is 6.40. The van der Waals surface area contributed by atoms with Crippen LogP contribution in [0.1, 0.15) is 22.5 Å². The van der Waals surface area contributed by atoms with Crippen LogP contribution < -0.4 is 5.73 Å². The van der Waals surface area contributed by atoms with Crippen molar-refractivity contribution in [3.63, 3.8) is 0 Å². The van der Waals surface area contributed by atoms with E-state index in [2.05, 4.69) is 4.98 Å². The Hall–Kier alpha value is -2.21. The maximum absolute atomic E-state index is 12.5. The van der Waals surface area contributed by atoms with Gasteiger partial charge in [-0.05, 0) is 12.8 Å². The van der Waals surface area contributed by atoms with Crippen LogP contribution in [0, 0.1) is 5.92 Å². The molecule has 0 spiro atoms. The Balaban J connectivity index is 1.69. The zero-order valence-electron chi connectivity index (χ0n) is 12.1. The lowest BCUT2D eigenvalue weighted by Crippen LogP contribution is -2.41. The monoisotopic (exact) mass is 315 g/mol. The minimum Gasteiger partial charge on any atom is -0.369 e. The van der Waals surface area contributed by atoms with E-state index in [4.69, 9.17) is 5.73 Å². The molecule has 0 unspecified atom stereocenters. The number of aromatic nitrogens is 1. The summed E-state index contributed by atoms with van der Waals surface area (Å²) in [6.07, 6.45) is 2.92. The highest BCUT2D eigenvalue weighted by Gasteiger charge is 2.27. The van der Waals surface area contributed by atoms with Crippen molar-refractivity contribution in [1.29, 1.82) is 0 Å². The fourth-order valence-corrected chi connectivity index (χ4v) is 3.50. The topological polar surface area (TPSA) is 76.3 Å². The summed E-state index contributed by atoms with van der Waals surface area (Å²) in [7, 11) is 0. The molecule has 2 N–H and O–H groups in total. The smallest absolute Gasteiger partial charge is 0.265 e. The highest BCUT2D eigenvalue weighted by molar-refractivity contribution is 7.16. The number of primary amides is 1. The molecular weight excluding hydrogens is 298 g/mol. The maximum atomic E-state index is 12.5. The van der Waals surface area contributed by atoms with Crippen LogP contribution in [0.15, 0.2) is 36.5 Å². The molecule has 2 amide bonds. The van der Waals surface area contributed by atoms with Crippen LogP contribution in [-0.2, 0) is 4.79 Å². The number of carbonyl (C=O) groups is 2. The second kappa shape index (κ2) is 6.27. The molecule has 114 valence electrons. The van der Waals surface area contributed by atoms with Crippen LogP contribution >= 0.6 is 11.3 Å². The zero-order valence-corrected chi connectivity index (χ0v) is 12.9. The standard InChI is InChI=1S/C16H17N3O2S/c17-14(20)11-6-8-19(9-7-11)16(21)13-10-18-15(22-13)12-4-2-1-3-5-12/h1-5,10-11H,6-9H2,(H2,17,20). The first-order valence-corrected chi connectivity index (χ1v) is 8.06. The quantitative estimate of drug-likeness (QED) is 0.943. The molecule has 2 aromatic rings. The molecule has 1 saturated heterocycles. The van der Waals surface area contributed by atoms with E-state index in [9.17, 15) is 9.59 Å². The van der Waals surface area contributed by atoms with E-state index in [-0.39, 0.29) is 17.7 Å². The molecule has 1 aromatic carbocycles. The first kappa shape index (κ1) is 14.7. The number of rotatable bonds is 3. The molecule has 1 fully saturated rings. The summed E-state index contributed by atoms with van der Waals surface area (Å²) in [5.74, 6) is -0.385. The van der Waals surface area contributed by atoms with Gasteiger partial charge in [-0.1, -0.05) is 30.3 Å². The fourth-order valence-electron chi connectivity index (χ4n) is 2.61. The molecule has 3 rings (SSSR count). The Kier molecular flexibility index (Phi) is 4.20. The summed E-state index contributed by atoms with van der Waals surface area (Å²) < 4.78 is 0. The molecule has 0 atom stereocenters. The van der Waals surface area contributed by atoms with Crippen LogP contribution in [0.3, 0.4) is 0 Å². The zero-order chi connectivity index (χ0) is 15.5. The number of amides is 2. The number of nitrogens with zero attached hydrogens (tertiary/aromatic N) is 2. The molecule has 1 aliphatic heterocycles. The number of piperidine rings is 1. The van der Waals surface area contributed by atoms with E-state index in [1.165, 1.54) is 11.3 Å². The average Bonchev–Trinajstić information content (AvgIpc) is 3.05. The number of benzene rings is 1. The van der Waals surface area contributed by atoms with Crippen molar-refractivity contribution in [2.45, 2.75) is 12.8 Å². The van der Waals surface area contributed by atoms with Crippen molar-refractivity contribution < 1.29 is 9.59 Å². The largest absolute Gasteiger partial charge is 0.369 e. The van der Waals surface area contributed by atoms with Crippen molar-refractivity contribution in [1.82, 2.24) is 9.88 Å².